The first-order chi connectivity index (χ1) is 19.3. The van der Waals surface area contributed by atoms with Crippen molar-refractivity contribution in [3.8, 4) is 0 Å². The molecule has 234 valence electrons. The van der Waals surface area contributed by atoms with Gasteiger partial charge in [0.05, 0.1) is 54.3 Å². The number of nitrogens with one attached hydrogen (secondary N) is 1. The topological polar surface area (TPSA) is 110 Å². The standard InChI is InChI=1S/C14H20BF2NO4.C12H18BNO4.C2H6/c1-13(2)14(3,4)22-15(21-13)10-6-9(12(19)20-5)7-18(10)8-11(16)17;1-11(2)12(3,4)18-13(17-11)9-6-8(7-14-9)10(15)16-5;1-2/h6-7,11H,8H2,1-5H3;6-7,14H,1-5H3;1-2H3. The lowest BCUT2D eigenvalue weighted by Crippen LogP contribution is -2.41. The van der Waals surface area contributed by atoms with Crippen molar-refractivity contribution < 1.29 is 46.5 Å². The predicted octanol–water partition coefficient (Wildman–Crippen LogP) is 3.97. The molecule has 0 bridgehead atoms. The summed E-state index contributed by atoms with van der Waals surface area (Å²) in [6, 6.07) is 3.16. The summed E-state index contributed by atoms with van der Waals surface area (Å²) in [5, 5.41) is 0. The maximum Gasteiger partial charge on any atom is 0.512 e. The Morgan fingerprint density at radius 3 is 1.67 bits per heavy atom. The zero-order valence-corrected chi connectivity index (χ0v) is 26.7. The molecule has 0 aromatic carbocycles. The molecular formula is C28H44B2F2N2O8. The van der Waals surface area contributed by atoms with Crippen LogP contribution in [0.2, 0.25) is 0 Å². The van der Waals surface area contributed by atoms with E-state index in [2.05, 4.69) is 14.5 Å². The molecule has 0 spiro atoms. The molecule has 2 aromatic rings. The highest BCUT2D eigenvalue weighted by Crippen LogP contribution is 2.37. The molecule has 0 atom stereocenters. The van der Waals surface area contributed by atoms with Crippen LogP contribution < -0.4 is 11.2 Å². The molecule has 0 unspecified atom stereocenters. The summed E-state index contributed by atoms with van der Waals surface area (Å²) >= 11 is 0. The van der Waals surface area contributed by atoms with E-state index in [0.29, 0.717) is 16.8 Å². The Hall–Kier alpha value is -2.67. The number of rotatable bonds is 6. The zero-order valence-electron chi connectivity index (χ0n) is 26.7. The Morgan fingerprint density at radius 1 is 0.810 bits per heavy atom. The molecule has 0 amide bonds. The molecule has 2 aromatic heterocycles. The number of ether oxygens (including phenoxy) is 2. The molecule has 4 rings (SSSR count). The fourth-order valence-corrected chi connectivity index (χ4v) is 3.98. The normalized spacial score (nSPS) is 19.5. The van der Waals surface area contributed by atoms with Gasteiger partial charge in [0.15, 0.2) is 0 Å². The quantitative estimate of drug-likeness (QED) is 0.395. The maximum atomic E-state index is 12.8. The molecule has 0 aliphatic carbocycles. The number of nitrogens with zero attached hydrogens (tertiary/aromatic N) is 1. The number of esters is 2. The molecule has 4 heterocycles. The van der Waals surface area contributed by atoms with Crippen LogP contribution in [-0.4, -0.2) is 78.8 Å². The van der Waals surface area contributed by atoms with Gasteiger partial charge in [0, 0.05) is 23.6 Å². The van der Waals surface area contributed by atoms with Crippen LogP contribution >= 0.6 is 0 Å². The van der Waals surface area contributed by atoms with E-state index in [9.17, 15) is 18.4 Å². The molecule has 2 aliphatic heterocycles. The van der Waals surface area contributed by atoms with Crippen LogP contribution in [0.3, 0.4) is 0 Å². The van der Waals surface area contributed by atoms with Crippen molar-refractivity contribution in [2.24, 2.45) is 0 Å². The Kier molecular flexibility index (Phi) is 11.3. The van der Waals surface area contributed by atoms with Gasteiger partial charge in [-0.25, -0.2) is 18.4 Å². The third-order valence-electron chi connectivity index (χ3n) is 7.81. The van der Waals surface area contributed by atoms with Gasteiger partial charge in [0.2, 0.25) is 0 Å². The van der Waals surface area contributed by atoms with Crippen molar-refractivity contribution in [3.05, 3.63) is 35.7 Å². The van der Waals surface area contributed by atoms with Gasteiger partial charge in [-0.3, -0.25) is 0 Å². The number of H-pyrrole nitrogens is 1. The van der Waals surface area contributed by atoms with Crippen molar-refractivity contribution in [3.63, 3.8) is 0 Å². The van der Waals surface area contributed by atoms with Crippen molar-refractivity contribution in [2.75, 3.05) is 14.2 Å². The summed E-state index contributed by atoms with van der Waals surface area (Å²) in [5.41, 5.74) is -0.238. The van der Waals surface area contributed by atoms with Crippen LogP contribution in [-0.2, 0) is 34.6 Å². The van der Waals surface area contributed by atoms with E-state index >= 15 is 0 Å². The first-order valence-electron chi connectivity index (χ1n) is 13.9. The van der Waals surface area contributed by atoms with Crippen LogP contribution in [0.15, 0.2) is 24.5 Å². The SMILES string of the molecule is CC.COC(=O)c1c[nH]c(B2OC(C)(C)C(C)(C)O2)c1.COC(=O)c1cc(B2OC(C)(C)C(C)(C)O2)n(CC(F)F)c1. The maximum absolute atomic E-state index is 12.8. The van der Waals surface area contributed by atoms with Crippen LogP contribution in [0.25, 0.3) is 0 Å². The van der Waals surface area contributed by atoms with Crippen molar-refractivity contribution >= 4 is 37.4 Å². The minimum Gasteiger partial charge on any atom is -0.465 e. The molecular weight excluding hydrogens is 552 g/mol. The number of hydrogen-bond acceptors (Lipinski definition) is 8. The number of aromatic amines is 1. The summed E-state index contributed by atoms with van der Waals surface area (Å²) in [7, 11) is 1.28. The van der Waals surface area contributed by atoms with E-state index in [4.69, 9.17) is 18.6 Å². The lowest BCUT2D eigenvalue weighted by atomic mass is 9.84. The number of methoxy groups -OCH3 is 2. The second kappa shape index (κ2) is 13.3. The van der Waals surface area contributed by atoms with Gasteiger partial charge in [0.1, 0.15) is 0 Å². The van der Waals surface area contributed by atoms with Gasteiger partial charge in [0.25, 0.3) is 6.43 Å². The summed E-state index contributed by atoms with van der Waals surface area (Å²) in [6.07, 6.45) is 0.365. The Balaban J connectivity index is 0.000000282. The second-order valence-electron chi connectivity index (χ2n) is 11.7. The number of halogens is 2. The number of carbonyl (C=O) groups excluding carboxylic acids is 2. The van der Waals surface area contributed by atoms with E-state index in [-0.39, 0.29) is 11.5 Å². The van der Waals surface area contributed by atoms with Gasteiger partial charge < -0.3 is 37.6 Å². The summed E-state index contributed by atoms with van der Waals surface area (Å²) in [5.74, 6) is -0.972. The number of hydrogen-bond donors (Lipinski definition) is 1. The van der Waals surface area contributed by atoms with Gasteiger partial charge in [-0.2, -0.15) is 0 Å². The lowest BCUT2D eigenvalue weighted by molar-refractivity contribution is 0.00578. The van der Waals surface area contributed by atoms with Crippen molar-refractivity contribution in [1.82, 2.24) is 9.55 Å². The van der Waals surface area contributed by atoms with Crippen LogP contribution in [0.4, 0.5) is 8.78 Å². The van der Waals surface area contributed by atoms with E-state index in [1.807, 2.05) is 69.2 Å². The lowest BCUT2D eigenvalue weighted by Gasteiger charge is -2.32. The summed E-state index contributed by atoms with van der Waals surface area (Å²) < 4.78 is 59.6. The molecule has 42 heavy (non-hydrogen) atoms. The third kappa shape index (κ3) is 7.64. The summed E-state index contributed by atoms with van der Waals surface area (Å²) in [6.45, 7) is 18.9. The molecule has 2 aliphatic rings. The van der Waals surface area contributed by atoms with E-state index < -0.39 is 55.6 Å². The fourth-order valence-electron chi connectivity index (χ4n) is 3.98. The van der Waals surface area contributed by atoms with Crippen LogP contribution in [0.5, 0.6) is 0 Å². The average Bonchev–Trinajstić information content (AvgIpc) is 3.63. The average molecular weight is 596 g/mol. The van der Waals surface area contributed by atoms with Crippen LogP contribution in [0, 0.1) is 0 Å². The number of alkyl halides is 2. The summed E-state index contributed by atoms with van der Waals surface area (Å²) in [4.78, 5) is 26.0. The minimum atomic E-state index is -2.56. The number of aromatic nitrogens is 2. The first-order valence-corrected chi connectivity index (χ1v) is 13.9. The first kappa shape index (κ1) is 35.5. The van der Waals surface area contributed by atoms with E-state index in [1.165, 1.54) is 31.0 Å². The smallest absolute Gasteiger partial charge is 0.465 e. The monoisotopic (exact) mass is 596 g/mol. The van der Waals surface area contributed by atoms with Crippen molar-refractivity contribution in [1.29, 1.82) is 0 Å². The highest BCUT2D eigenvalue weighted by molar-refractivity contribution is 6.61. The highest BCUT2D eigenvalue weighted by Gasteiger charge is 2.53. The molecule has 1 N–H and O–H groups in total. The van der Waals surface area contributed by atoms with E-state index in [1.54, 1.807) is 12.3 Å². The predicted molar refractivity (Wildman–Crippen MR) is 157 cm³/mol. The fraction of sp³-hybridized carbons (Fsp3) is 0.643. The van der Waals surface area contributed by atoms with Gasteiger partial charge in [-0.1, -0.05) is 13.8 Å². The third-order valence-corrected chi connectivity index (χ3v) is 7.81. The van der Waals surface area contributed by atoms with Gasteiger partial charge in [-0.05, 0) is 67.5 Å². The zero-order chi connectivity index (χ0) is 32.3. The van der Waals surface area contributed by atoms with E-state index in [0.717, 1.165) is 0 Å². The van der Waals surface area contributed by atoms with Crippen molar-refractivity contribution in [2.45, 2.75) is 105 Å². The largest absolute Gasteiger partial charge is 0.512 e. The molecule has 14 heteroatoms. The molecule has 0 saturated carbocycles. The highest BCUT2D eigenvalue weighted by atomic mass is 19.3. The van der Waals surface area contributed by atoms with Crippen LogP contribution in [0.1, 0.15) is 90.0 Å². The van der Waals surface area contributed by atoms with Gasteiger partial charge in [-0.15, -0.1) is 0 Å². The molecule has 10 nitrogen and oxygen atoms in total. The second-order valence-corrected chi connectivity index (χ2v) is 11.7. The minimum absolute atomic E-state index is 0.188. The molecule has 2 saturated heterocycles. The Labute approximate surface area is 248 Å². The Bertz CT molecular complexity index is 1190. The molecule has 2 fully saturated rings. The number of carbonyl (C=O) groups is 2. The molecule has 0 radical (unpaired) electrons. The Morgan fingerprint density at radius 2 is 1.24 bits per heavy atom. The van der Waals surface area contributed by atoms with Gasteiger partial charge >= 0.3 is 26.2 Å².